The van der Waals surface area contributed by atoms with Crippen LogP contribution >= 0.6 is 27.5 Å². The summed E-state index contributed by atoms with van der Waals surface area (Å²) in [5.74, 6) is -1.11. The summed E-state index contributed by atoms with van der Waals surface area (Å²) in [6.07, 6.45) is -3.14. The van der Waals surface area contributed by atoms with Gasteiger partial charge in [0, 0.05) is 5.33 Å². The van der Waals surface area contributed by atoms with Crippen molar-refractivity contribution in [2.45, 2.75) is 18.2 Å². The molecule has 0 atom stereocenters. The van der Waals surface area contributed by atoms with Crippen LogP contribution in [0.25, 0.3) is 0 Å². The van der Waals surface area contributed by atoms with E-state index in [4.69, 9.17) is 16.7 Å². The normalized spacial score (nSPS) is 10.8. The highest BCUT2D eigenvalue weighted by molar-refractivity contribution is 9.08. The molecule has 0 aromatic carbocycles. The molecule has 0 spiro atoms. The second-order valence-electron chi connectivity index (χ2n) is 2.97. The van der Waals surface area contributed by atoms with Gasteiger partial charge in [-0.15, -0.1) is 0 Å². The Labute approximate surface area is 104 Å². The van der Waals surface area contributed by atoms with Gasteiger partial charge in [0.15, 0.2) is 0 Å². The van der Waals surface area contributed by atoms with E-state index >= 15 is 0 Å². The van der Waals surface area contributed by atoms with Crippen molar-refractivity contribution in [1.82, 2.24) is 4.98 Å². The molecular formula is C9H7BrClF2NO2. The van der Waals surface area contributed by atoms with Gasteiger partial charge in [-0.3, -0.25) is 4.79 Å². The zero-order valence-electron chi connectivity index (χ0n) is 7.88. The lowest BCUT2D eigenvalue weighted by atomic mass is 10.1. The molecule has 0 aliphatic heterocycles. The highest BCUT2D eigenvalue weighted by atomic mass is 79.9. The standard InChI is InChI=1S/C9H7BrClF2NO2/c10-3-5-4(2-7(15)16)1-6(11)14-8(5)9(12)13/h1,9H,2-3H2,(H,15,16). The van der Waals surface area contributed by atoms with E-state index in [1.165, 1.54) is 6.07 Å². The van der Waals surface area contributed by atoms with Gasteiger partial charge >= 0.3 is 5.97 Å². The van der Waals surface area contributed by atoms with E-state index in [-0.39, 0.29) is 28.0 Å². The maximum atomic E-state index is 12.6. The van der Waals surface area contributed by atoms with Crippen molar-refractivity contribution in [2.24, 2.45) is 0 Å². The molecule has 0 fully saturated rings. The minimum atomic E-state index is -2.78. The maximum Gasteiger partial charge on any atom is 0.307 e. The van der Waals surface area contributed by atoms with E-state index in [2.05, 4.69) is 20.9 Å². The van der Waals surface area contributed by atoms with Crippen LogP contribution < -0.4 is 0 Å². The van der Waals surface area contributed by atoms with E-state index in [9.17, 15) is 13.6 Å². The summed E-state index contributed by atoms with van der Waals surface area (Å²) in [4.78, 5) is 14.1. The van der Waals surface area contributed by atoms with Gasteiger partial charge in [-0.25, -0.2) is 13.8 Å². The molecule has 0 aliphatic carbocycles. The summed E-state index contributed by atoms with van der Waals surface area (Å²) in [5, 5.41) is 8.62. The number of nitrogens with zero attached hydrogens (tertiary/aromatic N) is 1. The number of hydrogen-bond acceptors (Lipinski definition) is 2. The SMILES string of the molecule is O=C(O)Cc1cc(Cl)nc(C(F)F)c1CBr. The molecule has 88 valence electrons. The summed E-state index contributed by atoms with van der Waals surface area (Å²) in [5.41, 5.74) is -0.0397. The molecule has 16 heavy (non-hydrogen) atoms. The molecule has 0 unspecified atom stereocenters. The number of alkyl halides is 3. The van der Waals surface area contributed by atoms with Crippen molar-refractivity contribution in [3.05, 3.63) is 28.0 Å². The van der Waals surface area contributed by atoms with Crippen LogP contribution in [0.1, 0.15) is 23.2 Å². The first-order valence-electron chi connectivity index (χ1n) is 4.19. The average molecular weight is 315 g/mol. The predicted molar refractivity (Wildman–Crippen MR) is 58.2 cm³/mol. The van der Waals surface area contributed by atoms with E-state index in [0.29, 0.717) is 0 Å². The van der Waals surface area contributed by atoms with Gasteiger partial charge in [-0.1, -0.05) is 27.5 Å². The quantitative estimate of drug-likeness (QED) is 0.686. The highest BCUT2D eigenvalue weighted by Gasteiger charge is 2.19. The largest absolute Gasteiger partial charge is 0.481 e. The Hall–Kier alpha value is -0.750. The van der Waals surface area contributed by atoms with Crippen LogP contribution in [0.5, 0.6) is 0 Å². The summed E-state index contributed by atoms with van der Waals surface area (Å²) < 4.78 is 25.2. The Bertz CT molecular complexity index is 415. The zero-order valence-corrected chi connectivity index (χ0v) is 10.2. The second kappa shape index (κ2) is 5.54. The van der Waals surface area contributed by atoms with Crippen molar-refractivity contribution in [3.8, 4) is 0 Å². The van der Waals surface area contributed by atoms with E-state index in [1.54, 1.807) is 0 Å². The van der Waals surface area contributed by atoms with Crippen LogP contribution in [0, 0.1) is 0 Å². The fourth-order valence-corrected chi connectivity index (χ4v) is 2.14. The molecule has 1 heterocycles. The molecule has 1 rings (SSSR count). The number of pyridine rings is 1. The van der Waals surface area contributed by atoms with Crippen molar-refractivity contribution in [2.75, 3.05) is 0 Å². The second-order valence-corrected chi connectivity index (χ2v) is 3.92. The maximum absolute atomic E-state index is 12.6. The number of aromatic nitrogens is 1. The summed E-state index contributed by atoms with van der Waals surface area (Å²) in [6.45, 7) is 0. The van der Waals surface area contributed by atoms with E-state index in [0.717, 1.165) is 0 Å². The zero-order chi connectivity index (χ0) is 12.3. The summed E-state index contributed by atoms with van der Waals surface area (Å²) in [7, 11) is 0. The van der Waals surface area contributed by atoms with Gasteiger partial charge < -0.3 is 5.11 Å². The molecule has 0 saturated carbocycles. The van der Waals surface area contributed by atoms with Crippen LogP contribution in [0.15, 0.2) is 6.07 Å². The number of rotatable bonds is 4. The number of carboxylic acids is 1. The van der Waals surface area contributed by atoms with Gasteiger partial charge in [0.1, 0.15) is 10.8 Å². The van der Waals surface area contributed by atoms with Crippen LogP contribution in [0.4, 0.5) is 8.78 Å². The number of hydrogen-bond donors (Lipinski definition) is 1. The van der Waals surface area contributed by atoms with Crippen molar-refractivity contribution < 1.29 is 18.7 Å². The minimum absolute atomic E-state index is 0.111. The third kappa shape index (κ3) is 3.12. The monoisotopic (exact) mass is 313 g/mol. The van der Waals surface area contributed by atoms with Crippen molar-refractivity contribution >= 4 is 33.5 Å². The van der Waals surface area contributed by atoms with E-state index < -0.39 is 18.1 Å². The Balaban J connectivity index is 3.29. The average Bonchev–Trinajstić information content (AvgIpc) is 2.15. The molecule has 1 aromatic rings. The number of aliphatic carboxylic acids is 1. The molecular weight excluding hydrogens is 307 g/mol. The molecule has 7 heteroatoms. The van der Waals surface area contributed by atoms with Gasteiger partial charge in [0.05, 0.1) is 6.42 Å². The fourth-order valence-electron chi connectivity index (χ4n) is 1.27. The molecule has 0 radical (unpaired) electrons. The van der Waals surface area contributed by atoms with Gasteiger partial charge in [-0.2, -0.15) is 0 Å². The van der Waals surface area contributed by atoms with Gasteiger partial charge in [0.2, 0.25) is 0 Å². The van der Waals surface area contributed by atoms with Crippen LogP contribution in [-0.2, 0) is 16.5 Å². The topological polar surface area (TPSA) is 50.2 Å². The Kier molecular flexibility index (Phi) is 4.61. The van der Waals surface area contributed by atoms with Crippen LogP contribution in [-0.4, -0.2) is 16.1 Å². The van der Waals surface area contributed by atoms with Crippen molar-refractivity contribution in [1.29, 1.82) is 0 Å². The molecule has 0 bridgehead atoms. The van der Waals surface area contributed by atoms with Crippen LogP contribution in [0.3, 0.4) is 0 Å². The first kappa shape index (κ1) is 13.3. The van der Waals surface area contributed by atoms with Crippen LogP contribution in [0.2, 0.25) is 5.15 Å². The molecule has 0 saturated heterocycles. The summed E-state index contributed by atoms with van der Waals surface area (Å²) >= 11 is 8.59. The molecule has 0 aliphatic rings. The number of halogens is 4. The highest BCUT2D eigenvalue weighted by Crippen LogP contribution is 2.28. The Morgan fingerprint density at radius 2 is 2.25 bits per heavy atom. The lowest BCUT2D eigenvalue weighted by Gasteiger charge is -2.10. The molecule has 0 amide bonds. The van der Waals surface area contributed by atoms with Gasteiger partial charge in [0.25, 0.3) is 6.43 Å². The van der Waals surface area contributed by atoms with E-state index in [1.807, 2.05) is 0 Å². The number of carboxylic acid groups (broad SMARTS) is 1. The molecule has 1 N–H and O–H groups in total. The molecule has 3 nitrogen and oxygen atoms in total. The molecule has 1 aromatic heterocycles. The smallest absolute Gasteiger partial charge is 0.307 e. The first-order valence-corrected chi connectivity index (χ1v) is 5.69. The number of carbonyl (C=O) groups is 1. The van der Waals surface area contributed by atoms with Gasteiger partial charge in [-0.05, 0) is 17.2 Å². The Morgan fingerprint density at radius 3 is 2.69 bits per heavy atom. The first-order chi connectivity index (χ1) is 7.45. The minimum Gasteiger partial charge on any atom is -0.481 e. The predicted octanol–water partition coefficient (Wildman–Crippen LogP) is 3.19. The lowest BCUT2D eigenvalue weighted by Crippen LogP contribution is -2.07. The third-order valence-electron chi connectivity index (χ3n) is 1.90. The lowest BCUT2D eigenvalue weighted by molar-refractivity contribution is -0.136. The third-order valence-corrected chi connectivity index (χ3v) is 2.65. The summed E-state index contributed by atoms with van der Waals surface area (Å²) in [6, 6.07) is 1.29. The fraction of sp³-hybridized carbons (Fsp3) is 0.333. The Morgan fingerprint density at radius 1 is 1.62 bits per heavy atom. The van der Waals surface area contributed by atoms with Crippen molar-refractivity contribution in [3.63, 3.8) is 0 Å².